The third-order valence-corrected chi connectivity index (χ3v) is 4.29. The van der Waals surface area contributed by atoms with E-state index in [-0.39, 0.29) is 0 Å². The van der Waals surface area contributed by atoms with Crippen LogP contribution in [0.25, 0.3) is 0 Å². The smallest absolute Gasteiger partial charge is 0.310 e. The lowest BCUT2D eigenvalue weighted by Gasteiger charge is -2.05. The predicted molar refractivity (Wildman–Crippen MR) is 69.2 cm³/mol. The first-order valence-electron chi connectivity index (χ1n) is 4.84. The summed E-state index contributed by atoms with van der Waals surface area (Å²) in [4.78, 5) is 10.3. The highest BCUT2D eigenvalue weighted by Gasteiger charge is 2.68. The molecule has 2 atom stereocenters. The zero-order valence-corrected chi connectivity index (χ0v) is 11.4. The molecule has 2 nitrogen and oxygen atoms in total. The molecule has 0 saturated heterocycles. The monoisotopic (exact) mass is 312 g/mol. The number of carboxylic acid groups (broad SMARTS) is 1. The molecule has 1 fully saturated rings. The van der Waals surface area contributed by atoms with Crippen LogP contribution in [-0.2, 0) is 4.79 Å². The molecular formula is C11H8Cl4O2. The van der Waals surface area contributed by atoms with Gasteiger partial charge in [0.05, 0.1) is 5.92 Å². The van der Waals surface area contributed by atoms with E-state index in [1.165, 1.54) is 0 Å². The molecule has 1 aromatic carbocycles. The second-order valence-corrected chi connectivity index (χ2v) is 6.48. The molecule has 1 aliphatic carbocycles. The summed E-state index contributed by atoms with van der Waals surface area (Å²) in [5.74, 6) is -2.21. The number of carbonyl (C=O) groups is 1. The fraction of sp³-hybridized carbons (Fsp3) is 0.364. The molecule has 0 heterocycles. The minimum Gasteiger partial charge on any atom is -0.481 e. The topological polar surface area (TPSA) is 37.3 Å². The van der Waals surface area contributed by atoms with Crippen molar-refractivity contribution in [2.45, 2.75) is 15.1 Å². The number of hydrogen-bond acceptors (Lipinski definition) is 1. The molecule has 2 unspecified atom stereocenters. The van der Waals surface area contributed by atoms with Gasteiger partial charge in [0, 0.05) is 5.92 Å². The summed E-state index contributed by atoms with van der Waals surface area (Å²) in [6.45, 7) is 0. The Morgan fingerprint density at radius 2 is 2.00 bits per heavy atom. The lowest BCUT2D eigenvalue weighted by molar-refractivity contribution is -0.138. The van der Waals surface area contributed by atoms with Crippen molar-refractivity contribution in [3.05, 3.63) is 35.4 Å². The SMILES string of the molecule is O=C(O)C1C(c2cccc(C(Cl)Cl)c2)C1(Cl)Cl. The second-order valence-electron chi connectivity index (χ2n) is 3.94. The van der Waals surface area contributed by atoms with Gasteiger partial charge in [0.1, 0.15) is 9.17 Å². The molecule has 1 N–H and O–H groups in total. The summed E-state index contributed by atoms with van der Waals surface area (Å²) in [6, 6.07) is 7.02. The summed E-state index contributed by atoms with van der Waals surface area (Å²) in [7, 11) is 0. The fourth-order valence-electron chi connectivity index (χ4n) is 1.94. The molecule has 1 aliphatic rings. The van der Waals surface area contributed by atoms with Crippen molar-refractivity contribution in [1.82, 2.24) is 0 Å². The number of halogens is 4. The van der Waals surface area contributed by atoms with Crippen molar-refractivity contribution in [3.63, 3.8) is 0 Å². The maximum atomic E-state index is 11.0. The Kier molecular flexibility index (Phi) is 3.52. The second kappa shape index (κ2) is 4.51. The summed E-state index contributed by atoms with van der Waals surface area (Å²) < 4.78 is -1.25. The van der Waals surface area contributed by atoms with Crippen LogP contribution in [0.5, 0.6) is 0 Å². The average Bonchev–Trinajstić information content (AvgIpc) is 2.82. The largest absolute Gasteiger partial charge is 0.481 e. The Balaban J connectivity index is 2.31. The Labute approximate surface area is 118 Å². The molecule has 0 spiro atoms. The van der Waals surface area contributed by atoms with E-state index in [4.69, 9.17) is 51.5 Å². The van der Waals surface area contributed by atoms with Crippen LogP contribution in [0.15, 0.2) is 24.3 Å². The molecular weight excluding hydrogens is 306 g/mol. The Morgan fingerprint density at radius 1 is 1.35 bits per heavy atom. The van der Waals surface area contributed by atoms with Gasteiger partial charge < -0.3 is 5.11 Å². The van der Waals surface area contributed by atoms with Crippen molar-refractivity contribution >= 4 is 52.4 Å². The van der Waals surface area contributed by atoms with E-state index in [9.17, 15) is 4.79 Å². The number of carboxylic acids is 1. The quantitative estimate of drug-likeness (QED) is 0.852. The molecule has 1 aromatic rings. The number of aliphatic carboxylic acids is 1. The minimum absolute atomic E-state index is 0.421. The Bertz CT molecular complexity index is 459. The average molecular weight is 314 g/mol. The van der Waals surface area contributed by atoms with Gasteiger partial charge in [-0.3, -0.25) is 4.79 Å². The normalized spacial score (nSPS) is 25.9. The van der Waals surface area contributed by atoms with E-state index >= 15 is 0 Å². The third kappa shape index (κ3) is 2.37. The standard InChI is InChI=1S/C11H8Cl4O2/c12-9(13)6-3-1-2-5(4-6)7-8(10(16)17)11(7,14)15/h1-4,7-9H,(H,16,17). The molecule has 0 radical (unpaired) electrons. The van der Waals surface area contributed by atoms with Gasteiger partial charge in [0.25, 0.3) is 0 Å². The molecule has 2 rings (SSSR count). The first-order valence-corrected chi connectivity index (χ1v) is 6.47. The number of benzene rings is 1. The number of hydrogen-bond donors (Lipinski definition) is 1. The van der Waals surface area contributed by atoms with Crippen LogP contribution >= 0.6 is 46.4 Å². The van der Waals surface area contributed by atoms with Gasteiger partial charge in [-0.25, -0.2) is 0 Å². The lowest BCUT2D eigenvalue weighted by atomic mass is 10.1. The van der Waals surface area contributed by atoms with Gasteiger partial charge in [-0.2, -0.15) is 0 Å². The van der Waals surface area contributed by atoms with Crippen LogP contribution in [0.4, 0.5) is 0 Å². The maximum Gasteiger partial charge on any atom is 0.310 e. The van der Waals surface area contributed by atoms with Crippen LogP contribution in [0, 0.1) is 5.92 Å². The van der Waals surface area contributed by atoms with Gasteiger partial charge in [-0.05, 0) is 11.1 Å². The van der Waals surface area contributed by atoms with Crippen molar-refractivity contribution in [1.29, 1.82) is 0 Å². The first kappa shape index (κ1) is 13.3. The van der Waals surface area contributed by atoms with Crippen molar-refractivity contribution < 1.29 is 9.90 Å². The van der Waals surface area contributed by atoms with Crippen molar-refractivity contribution in [2.24, 2.45) is 5.92 Å². The van der Waals surface area contributed by atoms with Gasteiger partial charge in [0.15, 0.2) is 0 Å². The molecule has 0 aromatic heterocycles. The highest BCUT2D eigenvalue weighted by atomic mass is 35.5. The van der Waals surface area contributed by atoms with Gasteiger partial charge in [0.2, 0.25) is 0 Å². The van der Waals surface area contributed by atoms with Crippen LogP contribution in [-0.4, -0.2) is 15.4 Å². The van der Waals surface area contributed by atoms with E-state index in [2.05, 4.69) is 0 Å². The molecule has 0 amide bonds. The fourth-order valence-corrected chi connectivity index (χ4v) is 3.03. The molecule has 17 heavy (non-hydrogen) atoms. The summed E-state index contributed by atoms with van der Waals surface area (Å²) in [5.41, 5.74) is 1.44. The summed E-state index contributed by atoms with van der Waals surface area (Å²) >= 11 is 23.4. The summed E-state index contributed by atoms with van der Waals surface area (Å²) in [5, 5.41) is 8.98. The van der Waals surface area contributed by atoms with Gasteiger partial charge in [-0.1, -0.05) is 47.5 Å². The van der Waals surface area contributed by atoms with Crippen LogP contribution < -0.4 is 0 Å². The highest BCUT2D eigenvalue weighted by molar-refractivity contribution is 6.53. The van der Waals surface area contributed by atoms with Gasteiger partial charge >= 0.3 is 5.97 Å². The number of rotatable bonds is 3. The van der Waals surface area contributed by atoms with E-state index in [1.54, 1.807) is 24.3 Å². The zero-order valence-electron chi connectivity index (χ0n) is 8.41. The Hall–Kier alpha value is -0.150. The lowest BCUT2D eigenvalue weighted by Crippen LogP contribution is -2.03. The van der Waals surface area contributed by atoms with E-state index < -0.39 is 27.0 Å². The molecule has 0 bridgehead atoms. The Morgan fingerprint density at radius 3 is 2.47 bits per heavy atom. The predicted octanol–water partition coefficient (Wildman–Crippen LogP) is 4.13. The highest BCUT2D eigenvalue weighted by Crippen LogP contribution is 2.65. The third-order valence-electron chi connectivity index (χ3n) is 2.84. The van der Waals surface area contributed by atoms with Gasteiger partial charge in [-0.15, -0.1) is 23.2 Å². The number of alkyl halides is 4. The zero-order chi connectivity index (χ0) is 12.8. The molecule has 6 heteroatoms. The molecule has 0 aliphatic heterocycles. The molecule has 92 valence electrons. The first-order chi connectivity index (χ1) is 7.85. The summed E-state index contributed by atoms with van der Waals surface area (Å²) in [6.07, 6.45) is 0. The van der Waals surface area contributed by atoms with Crippen molar-refractivity contribution in [2.75, 3.05) is 0 Å². The maximum absolute atomic E-state index is 11.0. The van der Waals surface area contributed by atoms with Crippen LogP contribution in [0.3, 0.4) is 0 Å². The van der Waals surface area contributed by atoms with Crippen LogP contribution in [0.2, 0.25) is 0 Å². The molecule has 1 saturated carbocycles. The minimum atomic E-state index is -1.25. The van der Waals surface area contributed by atoms with E-state index in [1.807, 2.05) is 0 Å². The van der Waals surface area contributed by atoms with E-state index in [0.717, 1.165) is 5.56 Å². The van der Waals surface area contributed by atoms with Crippen LogP contribution in [0.1, 0.15) is 21.9 Å². The van der Waals surface area contributed by atoms with Crippen molar-refractivity contribution in [3.8, 4) is 0 Å². The van der Waals surface area contributed by atoms with E-state index in [0.29, 0.717) is 5.56 Å².